The second-order valence-electron chi connectivity index (χ2n) is 6.78. The van der Waals surface area contributed by atoms with Crippen LogP contribution in [-0.4, -0.2) is 20.4 Å². The molecule has 0 bridgehead atoms. The van der Waals surface area contributed by atoms with Crippen molar-refractivity contribution in [3.8, 4) is 0 Å². The molecule has 0 aliphatic rings. The average Bonchev–Trinajstić information content (AvgIpc) is 3.19. The van der Waals surface area contributed by atoms with Gasteiger partial charge in [-0.25, -0.2) is 9.37 Å². The molecule has 6 nitrogen and oxygen atoms in total. The molecule has 2 aromatic heterocycles. The summed E-state index contributed by atoms with van der Waals surface area (Å²) in [5, 5.41) is 3.66. The fourth-order valence-electron chi connectivity index (χ4n) is 3.11. The number of H-pyrrole nitrogens is 1. The van der Waals surface area contributed by atoms with Crippen LogP contribution in [0.4, 0.5) is 9.52 Å². The van der Waals surface area contributed by atoms with E-state index in [2.05, 4.69) is 21.9 Å². The molecule has 0 radical (unpaired) electrons. The van der Waals surface area contributed by atoms with Crippen molar-refractivity contribution in [1.29, 1.82) is 0 Å². The third-order valence-electron chi connectivity index (χ3n) is 4.62. The zero-order valence-corrected chi connectivity index (χ0v) is 17.9. The van der Waals surface area contributed by atoms with Gasteiger partial charge in [0.25, 0.3) is 11.5 Å². The third-order valence-corrected chi connectivity index (χ3v) is 5.86. The van der Waals surface area contributed by atoms with E-state index in [1.54, 1.807) is 42.6 Å². The van der Waals surface area contributed by atoms with Crippen LogP contribution < -0.4 is 10.9 Å². The number of anilines is 1. The molecular formula is C22H17FN4O2S2. The van der Waals surface area contributed by atoms with E-state index in [0.717, 1.165) is 10.4 Å². The Morgan fingerprint density at radius 1 is 1.29 bits per heavy atom. The summed E-state index contributed by atoms with van der Waals surface area (Å²) in [6.45, 7) is 3.93. The Bertz CT molecular complexity index is 1400. The number of nitrogens with zero attached hydrogens (tertiary/aromatic N) is 2. The fraction of sp³-hybridized carbons (Fsp3) is 0.0909. The Morgan fingerprint density at radius 3 is 2.81 bits per heavy atom. The molecular weight excluding hydrogens is 435 g/mol. The number of carbonyl (C=O) groups excluding carboxylic acids is 1. The molecule has 2 aromatic carbocycles. The summed E-state index contributed by atoms with van der Waals surface area (Å²) in [6, 6.07) is 11.0. The van der Waals surface area contributed by atoms with Crippen molar-refractivity contribution >= 4 is 45.5 Å². The van der Waals surface area contributed by atoms with Crippen molar-refractivity contribution in [3.05, 3.63) is 98.3 Å². The van der Waals surface area contributed by atoms with Crippen LogP contribution in [0.1, 0.15) is 20.8 Å². The number of amides is 1. The van der Waals surface area contributed by atoms with Crippen molar-refractivity contribution in [2.45, 2.75) is 13.0 Å². The van der Waals surface area contributed by atoms with Gasteiger partial charge >= 0.3 is 0 Å². The second kappa shape index (κ2) is 8.75. The van der Waals surface area contributed by atoms with Gasteiger partial charge in [0.05, 0.1) is 10.9 Å². The number of hydrogen-bond acceptors (Lipinski definition) is 5. The number of hydrogen-bond donors (Lipinski definition) is 2. The standard InChI is InChI=1S/C22H17FN4O2S2/c1-2-9-27-20(29)17-8-5-14(11-18(17)25-22(27)30)19(28)26-21-24-12-16(31-21)10-13-3-6-15(23)7-4-13/h2-8,11-12H,1,9-10H2,(H,25,30)(H,24,26,28). The normalized spacial score (nSPS) is 10.9. The van der Waals surface area contributed by atoms with Crippen molar-refractivity contribution in [3.63, 3.8) is 0 Å². The smallest absolute Gasteiger partial charge is 0.262 e. The van der Waals surface area contributed by atoms with Gasteiger partial charge in [-0.15, -0.1) is 17.9 Å². The van der Waals surface area contributed by atoms with Crippen LogP contribution in [0.2, 0.25) is 0 Å². The Kier molecular flexibility index (Phi) is 5.88. The highest BCUT2D eigenvalue weighted by Gasteiger charge is 2.12. The van der Waals surface area contributed by atoms with Gasteiger partial charge in [0.1, 0.15) is 5.82 Å². The topological polar surface area (TPSA) is 79.8 Å². The molecule has 2 N–H and O–H groups in total. The van der Waals surface area contributed by atoms with Gasteiger partial charge in [0, 0.05) is 29.6 Å². The molecule has 156 valence electrons. The molecule has 4 rings (SSSR count). The molecule has 0 atom stereocenters. The van der Waals surface area contributed by atoms with E-state index >= 15 is 0 Å². The maximum Gasteiger partial charge on any atom is 0.262 e. The van der Waals surface area contributed by atoms with E-state index < -0.39 is 0 Å². The second-order valence-corrected chi connectivity index (χ2v) is 8.29. The van der Waals surface area contributed by atoms with Crippen molar-refractivity contribution in [1.82, 2.24) is 14.5 Å². The highest BCUT2D eigenvalue weighted by molar-refractivity contribution is 7.71. The molecule has 0 unspecified atom stereocenters. The Morgan fingerprint density at radius 2 is 2.06 bits per heavy atom. The number of aromatic nitrogens is 3. The minimum Gasteiger partial charge on any atom is -0.332 e. The number of benzene rings is 2. The van der Waals surface area contributed by atoms with E-state index in [9.17, 15) is 14.0 Å². The first kappa shape index (κ1) is 20.8. The number of aromatic amines is 1. The van der Waals surface area contributed by atoms with Crippen molar-refractivity contribution in [2.75, 3.05) is 5.32 Å². The molecule has 0 fully saturated rings. The summed E-state index contributed by atoms with van der Waals surface area (Å²) < 4.78 is 14.7. The fourth-order valence-corrected chi connectivity index (χ4v) is 4.22. The lowest BCUT2D eigenvalue weighted by Crippen LogP contribution is -2.22. The van der Waals surface area contributed by atoms with Crippen LogP contribution in [0.5, 0.6) is 0 Å². The van der Waals surface area contributed by atoms with Crippen molar-refractivity contribution < 1.29 is 9.18 Å². The van der Waals surface area contributed by atoms with Crippen LogP contribution in [0.3, 0.4) is 0 Å². The molecule has 9 heteroatoms. The Balaban J connectivity index is 1.53. The largest absolute Gasteiger partial charge is 0.332 e. The van der Waals surface area contributed by atoms with Crippen LogP contribution >= 0.6 is 23.6 Å². The van der Waals surface area contributed by atoms with E-state index in [4.69, 9.17) is 12.2 Å². The maximum absolute atomic E-state index is 13.0. The maximum atomic E-state index is 13.0. The summed E-state index contributed by atoms with van der Waals surface area (Å²) in [5.41, 5.74) is 1.57. The third kappa shape index (κ3) is 4.52. The predicted octanol–water partition coefficient (Wildman–Crippen LogP) is 4.68. The lowest BCUT2D eigenvalue weighted by atomic mass is 10.1. The van der Waals surface area contributed by atoms with Gasteiger partial charge in [0.2, 0.25) is 0 Å². The zero-order valence-electron chi connectivity index (χ0n) is 16.2. The Labute approximate surface area is 185 Å². The number of thiazole rings is 1. The molecule has 31 heavy (non-hydrogen) atoms. The number of carbonyl (C=O) groups is 1. The van der Waals surface area contributed by atoms with Gasteiger partial charge in [-0.3, -0.25) is 19.5 Å². The number of halogens is 1. The first-order valence-electron chi connectivity index (χ1n) is 9.33. The number of allylic oxidation sites excluding steroid dienone is 1. The van der Waals surface area contributed by atoms with E-state index in [-0.39, 0.29) is 22.1 Å². The molecule has 4 aromatic rings. The number of fused-ring (bicyclic) bond motifs is 1. The highest BCUT2D eigenvalue weighted by atomic mass is 32.1. The molecule has 0 saturated carbocycles. The first-order chi connectivity index (χ1) is 14.9. The Hall–Kier alpha value is -3.43. The van der Waals surface area contributed by atoms with Crippen LogP contribution in [0.15, 0.2) is 66.1 Å². The molecule has 0 spiro atoms. The van der Waals surface area contributed by atoms with Gasteiger partial charge in [-0.05, 0) is 48.1 Å². The number of rotatable bonds is 6. The molecule has 2 heterocycles. The lowest BCUT2D eigenvalue weighted by molar-refractivity contribution is 0.102. The average molecular weight is 453 g/mol. The summed E-state index contributed by atoms with van der Waals surface area (Å²) in [5.74, 6) is -0.629. The molecule has 0 saturated heterocycles. The highest BCUT2D eigenvalue weighted by Crippen LogP contribution is 2.22. The van der Waals surface area contributed by atoms with E-state index in [0.29, 0.717) is 34.6 Å². The van der Waals surface area contributed by atoms with Gasteiger partial charge in [-0.1, -0.05) is 18.2 Å². The summed E-state index contributed by atoms with van der Waals surface area (Å²) in [6.07, 6.45) is 3.87. The summed E-state index contributed by atoms with van der Waals surface area (Å²) in [4.78, 5) is 33.4. The monoisotopic (exact) mass is 452 g/mol. The van der Waals surface area contributed by atoms with E-state index in [1.807, 2.05) is 0 Å². The quantitative estimate of drug-likeness (QED) is 0.329. The van der Waals surface area contributed by atoms with Crippen LogP contribution in [0, 0.1) is 10.6 Å². The molecule has 0 aliphatic heterocycles. The first-order valence-corrected chi connectivity index (χ1v) is 10.6. The lowest BCUT2D eigenvalue weighted by Gasteiger charge is -2.07. The summed E-state index contributed by atoms with van der Waals surface area (Å²) in [7, 11) is 0. The van der Waals surface area contributed by atoms with Gasteiger partial charge in [-0.2, -0.15) is 0 Å². The zero-order chi connectivity index (χ0) is 22.0. The number of nitrogens with one attached hydrogen (secondary N) is 2. The summed E-state index contributed by atoms with van der Waals surface area (Å²) >= 11 is 6.59. The van der Waals surface area contributed by atoms with Crippen molar-refractivity contribution in [2.24, 2.45) is 0 Å². The van der Waals surface area contributed by atoms with Crippen LogP contribution in [0.25, 0.3) is 10.9 Å². The van der Waals surface area contributed by atoms with E-state index in [1.165, 1.54) is 28.0 Å². The predicted molar refractivity (Wildman–Crippen MR) is 123 cm³/mol. The molecule has 0 aliphatic carbocycles. The molecule has 1 amide bonds. The SMILES string of the molecule is C=CCn1c(=S)[nH]c2cc(C(=O)Nc3ncc(Cc4ccc(F)cc4)s3)ccc2c1=O. The minimum absolute atomic E-state index is 0.240. The van der Waals surface area contributed by atoms with Crippen LogP contribution in [-0.2, 0) is 13.0 Å². The minimum atomic E-state index is -0.348. The van der Waals surface area contributed by atoms with Gasteiger partial charge in [0.15, 0.2) is 9.90 Å². The van der Waals surface area contributed by atoms with Gasteiger partial charge < -0.3 is 4.98 Å².